The highest BCUT2D eigenvalue weighted by molar-refractivity contribution is 7.89. The van der Waals surface area contributed by atoms with Gasteiger partial charge in [0.15, 0.2) is 4.90 Å². The Morgan fingerprint density at radius 3 is 2.78 bits per heavy atom. The van der Waals surface area contributed by atoms with Crippen molar-refractivity contribution in [1.82, 2.24) is 9.21 Å². The molecule has 0 spiro atoms. The number of rotatable bonds is 6. The maximum Gasteiger partial charge on any atom is 0.293 e. The second-order valence-corrected chi connectivity index (χ2v) is 7.73. The molecule has 0 unspecified atom stereocenters. The number of sulfonamides is 1. The second kappa shape index (κ2) is 6.75. The van der Waals surface area contributed by atoms with E-state index < -0.39 is 49.6 Å². The molecule has 0 radical (unpaired) electrons. The molecule has 1 aromatic carbocycles. The summed E-state index contributed by atoms with van der Waals surface area (Å²) in [5.41, 5.74) is 4.42. The van der Waals surface area contributed by atoms with E-state index in [9.17, 15) is 28.1 Å². The largest absolute Gasteiger partial charge is 0.497 e. The first-order valence-electron chi connectivity index (χ1n) is 7.71. The van der Waals surface area contributed by atoms with Crippen LogP contribution in [0, 0.1) is 10.1 Å². The molecule has 2 amide bonds. The molecule has 2 bridgehead atoms. The molecule has 2 aliphatic heterocycles. The number of carbonyl (C=O) groups excluding carboxylic acids is 2. The Morgan fingerprint density at radius 1 is 1.48 bits per heavy atom. The van der Waals surface area contributed by atoms with Crippen molar-refractivity contribution in [1.29, 1.82) is 0 Å². The Balaban J connectivity index is 2.01. The fraction of sp³-hybridized carbons (Fsp3) is 0.429. The number of amides is 2. The zero-order valence-electron chi connectivity index (χ0n) is 14.1. The maximum atomic E-state index is 13.1. The Bertz CT molecular complexity index is 918. The van der Waals surface area contributed by atoms with Gasteiger partial charge in [-0.25, -0.2) is 8.42 Å². The van der Waals surface area contributed by atoms with Crippen molar-refractivity contribution in [2.45, 2.75) is 17.2 Å². The summed E-state index contributed by atoms with van der Waals surface area (Å²) < 4.78 is 37.2. The van der Waals surface area contributed by atoms with Crippen LogP contribution in [-0.2, 0) is 24.3 Å². The topological polar surface area (TPSA) is 162 Å². The summed E-state index contributed by atoms with van der Waals surface area (Å²) in [5, 5.41) is 11.3. The Morgan fingerprint density at radius 2 is 2.19 bits per heavy atom. The van der Waals surface area contributed by atoms with E-state index in [2.05, 4.69) is 0 Å². The second-order valence-electron chi connectivity index (χ2n) is 5.91. The number of nitrogens with zero attached hydrogens (tertiary/aromatic N) is 3. The number of hydrogen-bond acceptors (Lipinski definition) is 8. The van der Waals surface area contributed by atoms with Crippen molar-refractivity contribution >= 4 is 27.5 Å². The highest BCUT2D eigenvalue weighted by Crippen LogP contribution is 2.36. The third-order valence-corrected chi connectivity index (χ3v) is 6.22. The fourth-order valence-corrected chi connectivity index (χ4v) is 4.89. The normalized spacial score (nSPS) is 22.7. The zero-order valence-corrected chi connectivity index (χ0v) is 14.9. The van der Waals surface area contributed by atoms with Gasteiger partial charge in [0.1, 0.15) is 18.0 Å². The van der Waals surface area contributed by atoms with Crippen LogP contribution in [-0.4, -0.2) is 73.4 Å². The van der Waals surface area contributed by atoms with E-state index in [1.165, 1.54) is 13.2 Å². The number of carbonyl (C=O) groups is 2. The molecule has 0 saturated carbocycles. The van der Waals surface area contributed by atoms with E-state index in [0.29, 0.717) is 0 Å². The molecule has 0 aliphatic carbocycles. The number of hydrogen-bond donors (Lipinski definition) is 1. The minimum absolute atomic E-state index is 0.113. The van der Waals surface area contributed by atoms with Crippen molar-refractivity contribution in [3.63, 3.8) is 0 Å². The highest BCUT2D eigenvalue weighted by Gasteiger charge is 2.53. The smallest absolute Gasteiger partial charge is 0.293 e. The van der Waals surface area contributed by atoms with Gasteiger partial charge in [-0.3, -0.25) is 19.7 Å². The lowest BCUT2D eigenvalue weighted by Crippen LogP contribution is -2.60. The van der Waals surface area contributed by atoms with Crippen molar-refractivity contribution in [2.24, 2.45) is 5.73 Å². The molecule has 2 saturated heterocycles. The average molecular weight is 400 g/mol. The minimum atomic E-state index is -4.44. The first kappa shape index (κ1) is 19.0. The lowest BCUT2D eigenvalue weighted by molar-refractivity contribution is -0.388. The van der Waals surface area contributed by atoms with Crippen LogP contribution >= 0.6 is 0 Å². The van der Waals surface area contributed by atoms with Crippen LogP contribution in [0.3, 0.4) is 0 Å². The minimum Gasteiger partial charge on any atom is -0.497 e. The van der Waals surface area contributed by atoms with E-state index in [1.807, 2.05) is 0 Å². The van der Waals surface area contributed by atoms with Crippen molar-refractivity contribution in [3.8, 4) is 5.75 Å². The molecule has 2 fully saturated rings. The van der Waals surface area contributed by atoms with Gasteiger partial charge in [-0.05, 0) is 12.1 Å². The SMILES string of the molecule is COc1ccc(S(=O)(=O)N2[C@@H]3CN(CC(N)=O)C(=O)[C@@H]2CO3)c([N+](=O)[O-])c1. The average Bonchev–Trinajstić information content (AvgIpc) is 2.97. The maximum absolute atomic E-state index is 13.1. The number of nitrogens with two attached hydrogens (primary N) is 1. The number of methoxy groups -OCH3 is 1. The predicted molar refractivity (Wildman–Crippen MR) is 88.0 cm³/mol. The summed E-state index contributed by atoms with van der Waals surface area (Å²) in [6, 6.07) is 2.08. The van der Waals surface area contributed by atoms with Crippen LogP contribution in [0.2, 0.25) is 0 Å². The van der Waals surface area contributed by atoms with Crippen LogP contribution in [0.25, 0.3) is 0 Å². The summed E-state index contributed by atoms with van der Waals surface area (Å²) in [4.78, 5) is 34.6. The number of piperazine rings is 1. The van der Waals surface area contributed by atoms with Gasteiger partial charge in [-0.15, -0.1) is 0 Å². The number of nitro benzene ring substituents is 1. The van der Waals surface area contributed by atoms with Crippen molar-refractivity contribution in [3.05, 3.63) is 28.3 Å². The Labute approximate surface area is 153 Å². The molecule has 27 heavy (non-hydrogen) atoms. The molecule has 1 aromatic rings. The van der Waals surface area contributed by atoms with E-state index in [-0.39, 0.29) is 25.4 Å². The zero-order chi connectivity index (χ0) is 19.9. The van der Waals surface area contributed by atoms with Crippen LogP contribution in [0.1, 0.15) is 0 Å². The van der Waals surface area contributed by atoms with Gasteiger partial charge in [0.05, 0.1) is 37.8 Å². The molecule has 13 heteroatoms. The van der Waals surface area contributed by atoms with Gasteiger partial charge in [-0.2, -0.15) is 4.31 Å². The molecule has 146 valence electrons. The summed E-state index contributed by atoms with van der Waals surface area (Å²) in [7, 11) is -3.15. The molecule has 2 N–H and O–H groups in total. The predicted octanol–water partition coefficient (Wildman–Crippen LogP) is -1.35. The lowest BCUT2D eigenvalue weighted by Gasteiger charge is -2.36. The van der Waals surface area contributed by atoms with Crippen molar-refractivity contribution in [2.75, 3.05) is 26.8 Å². The molecular weight excluding hydrogens is 384 g/mol. The van der Waals surface area contributed by atoms with Gasteiger partial charge in [0.25, 0.3) is 15.7 Å². The molecule has 3 rings (SSSR count). The highest BCUT2D eigenvalue weighted by atomic mass is 32.2. The molecule has 0 aromatic heterocycles. The third kappa shape index (κ3) is 3.20. The molecule has 2 heterocycles. The third-order valence-electron chi connectivity index (χ3n) is 4.28. The molecule has 2 aliphatic rings. The van der Waals surface area contributed by atoms with E-state index in [1.54, 1.807) is 0 Å². The first-order valence-corrected chi connectivity index (χ1v) is 9.15. The summed E-state index contributed by atoms with van der Waals surface area (Å²) in [6.07, 6.45) is -1.07. The summed E-state index contributed by atoms with van der Waals surface area (Å²) >= 11 is 0. The van der Waals surface area contributed by atoms with Gasteiger partial charge >= 0.3 is 0 Å². The Kier molecular flexibility index (Phi) is 4.75. The standard InChI is InChI=1S/C14H16N4O8S/c1-25-8-2-3-11(9(4-8)18(21)22)27(23,24)17-10-7-26-13(17)6-16(14(10)20)5-12(15)19/h2-4,10,13H,5-7H2,1H3,(H2,15,19)/t10-,13-/m0/s1. The van der Waals surface area contributed by atoms with E-state index in [0.717, 1.165) is 21.3 Å². The number of fused-ring (bicyclic) bond motifs is 2. The quantitative estimate of drug-likeness (QED) is 0.452. The van der Waals surface area contributed by atoms with Gasteiger partial charge < -0.3 is 20.1 Å². The molecule has 12 nitrogen and oxygen atoms in total. The van der Waals surface area contributed by atoms with Crippen molar-refractivity contribution < 1.29 is 32.4 Å². The van der Waals surface area contributed by atoms with Crippen LogP contribution in [0.5, 0.6) is 5.75 Å². The van der Waals surface area contributed by atoms with Gasteiger partial charge in [0, 0.05) is 0 Å². The molecule has 2 atom stereocenters. The lowest BCUT2D eigenvalue weighted by atomic mass is 10.2. The van der Waals surface area contributed by atoms with Crippen LogP contribution in [0.4, 0.5) is 5.69 Å². The fourth-order valence-electron chi connectivity index (χ4n) is 3.10. The molecular formula is C14H16N4O8S. The van der Waals surface area contributed by atoms with E-state index >= 15 is 0 Å². The van der Waals surface area contributed by atoms with Gasteiger partial charge in [0.2, 0.25) is 11.8 Å². The number of benzene rings is 1. The number of nitro groups is 1. The van der Waals surface area contributed by atoms with Crippen LogP contribution in [0.15, 0.2) is 23.1 Å². The van der Waals surface area contributed by atoms with Gasteiger partial charge in [-0.1, -0.05) is 0 Å². The van der Waals surface area contributed by atoms with Crippen LogP contribution < -0.4 is 10.5 Å². The Hall–Kier alpha value is -2.77. The monoisotopic (exact) mass is 400 g/mol. The summed E-state index contributed by atoms with van der Waals surface area (Å²) in [5.74, 6) is -1.28. The first-order chi connectivity index (χ1) is 12.7. The number of ether oxygens (including phenoxy) is 2. The number of primary amides is 1. The summed E-state index contributed by atoms with van der Waals surface area (Å²) in [6.45, 7) is -0.796. The van der Waals surface area contributed by atoms with E-state index in [4.69, 9.17) is 15.2 Å².